The molecule has 1 aromatic carbocycles. The molecule has 1 aliphatic carbocycles. The lowest BCUT2D eigenvalue weighted by Crippen LogP contribution is -2.06. The van der Waals surface area contributed by atoms with Gasteiger partial charge in [-0.1, -0.05) is 39.8 Å². The van der Waals surface area contributed by atoms with Gasteiger partial charge in [-0.3, -0.25) is 0 Å². The molecule has 20 heavy (non-hydrogen) atoms. The first kappa shape index (κ1) is 13.1. The van der Waals surface area contributed by atoms with Gasteiger partial charge in [0, 0.05) is 11.3 Å². The van der Waals surface area contributed by atoms with Crippen LogP contribution in [0.3, 0.4) is 0 Å². The number of benzene rings is 1. The average molecular weight is 271 g/mol. The maximum Gasteiger partial charge on any atom is 0.182 e. The van der Waals surface area contributed by atoms with Gasteiger partial charge in [-0.2, -0.15) is 0 Å². The van der Waals surface area contributed by atoms with Crippen molar-refractivity contribution in [3.8, 4) is 11.4 Å². The van der Waals surface area contributed by atoms with E-state index in [0.717, 1.165) is 22.6 Å². The molecule has 1 saturated carbocycles. The first-order chi connectivity index (χ1) is 9.28. The van der Waals surface area contributed by atoms with E-state index in [0.29, 0.717) is 6.04 Å². The van der Waals surface area contributed by atoms with Crippen molar-refractivity contribution in [3.63, 3.8) is 0 Å². The van der Waals surface area contributed by atoms with Crippen LogP contribution in [0.4, 0.5) is 5.69 Å². The molecule has 0 spiro atoms. The van der Waals surface area contributed by atoms with Gasteiger partial charge in [0.25, 0.3) is 0 Å². The van der Waals surface area contributed by atoms with Crippen molar-refractivity contribution in [2.24, 2.45) is 10.8 Å². The van der Waals surface area contributed by atoms with Gasteiger partial charge < -0.3 is 5.73 Å². The molecule has 1 aliphatic rings. The predicted molar refractivity (Wildman–Crippen MR) is 79.0 cm³/mol. The minimum absolute atomic E-state index is 0.186. The number of nitrogens with two attached hydrogens (primary N) is 1. The molecule has 5 heteroatoms. The maximum atomic E-state index is 6.00. The topological polar surface area (TPSA) is 69.6 Å². The number of nitrogens with zero attached hydrogens (tertiary/aromatic N) is 4. The van der Waals surface area contributed by atoms with Crippen molar-refractivity contribution in [1.29, 1.82) is 0 Å². The number of tetrazole rings is 1. The Hall–Kier alpha value is -1.91. The third-order valence-electron chi connectivity index (χ3n) is 5.30. The van der Waals surface area contributed by atoms with Gasteiger partial charge in [0.05, 0.1) is 6.04 Å². The molecular formula is C15H21N5. The van der Waals surface area contributed by atoms with Gasteiger partial charge in [-0.05, 0) is 39.8 Å². The third kappa shape index (κ3) is 1.52. The summed E-state index contributed by atoms with van der Waals surface area (Å²) in [6.45, 7) is 11.0. The number of anilines is 1. The lowest BCUT2D eigenvalue weighted by molar-refractivity contribution is 0.457. The highest BCUT2D eigenvalue weighted by Crippen LogP contribution is 2.71. The van der Waals surface area contributed by atoms with Crippen LogP contribution < -0.4 is 5.73 Å². The van der Waals surface area contributed by atoms with Crippen LogP contribution in [0.2, 0.25) is 0 Å². The highest BCUT2D eigenvalue weighted by Gasteiger charge is 2.67. The normalized spacial score (nSPS) is 20.1. The molecule has 106 valence electrons. The van der Waals surface area contributed by atoms with E-state index >= 15 is 0 Å². The van der Waals surface area contributed by atoms with Crippen molar-refractivity contribution in [3.05, 3.63) is 23.8 Å². The van der Waals surface area contributed by atoms with Crippen LogP contribution in [-0.4, -0.2) is 20.2 Å². The number of nitrogen functional groups attached to an aromatic ring is 1. The van der Waals surface area contributed by atoms with E-state index < -0.39 is 0 Å². The molecule has 1 heterocycles. The molecule has 1 aromatic heterocycles. The van der Waals surface area contributed by atoms with Crippen LogP contribution in [0, 0.1) is 17.8 Å². The van der Waals surface area contributed by atoms with Gasteiger partial charge in [0.1, 0.15) is 0 Å². The largest absolute Gasteiger partial charge is 0.398 e. The Morgan fingerprint density at radius 2 is 1.80 bits per heavy atom. The Bertz CT molecular complexity index is 655. The van der Waals surface area contributed by atoms with E-state index in [4.69, 9.17) is 5.73 Å². The van der Waals surface area contributed by atoms with Crippen LogP contribution in [0.15, 0.2) is 18.2 Å². The van der Waals surface area contributed by atoms with Crippen molar-refractivity contribution in [2.45, 2.75) is 40.7 Å². The summed E-state index contributed by atoms with van der Waals surface area (Å²) >= 11 is 0. The maximum absolute atomic E-state index is 6.00. The molecular weight excluding hydrogens is 250 g/mol. The summed E-state index contributed by atoms with van der Waals surface area (Å²) in [5.74, 6) is 0.804. The third-order valence-corrected chi connectivity index (χ3v) is 5.30. The van der Waals surface area contributed by atoms with Crippen LogP contribution in [0.25, 0.3) is 11.4 Å². The monoisotopic (exact) mass is 271 g/mol. The second-order valence-corrected chi connectivity index (χ2v) is 6.81. The molecule has 0 aliphatic heterocycles. The summed E-state index contributed by atoms with van der Waals surface area (Å²) in [7, 11) is 0. The molecule has 3 rings (SSSR count). The number of hydrogen-bond donors (Lipinski definition) is 1. The molecule has 2 N–H and O–H groups in total. The predicted octanol–water partition coefficient (Wildman–Crippen LogP) is 2.84. The molecule has 2 aromatic rings. The van der Waals surface area contributed by atoms with E-state index in [1.165, 1.54) is 0 Å². The van der Waals surface area contributed by atoms with Crippen LogP contribution in [0.5, 0.6) is 0 Å². The zero-order valence-corrected chi connectivity index (χ0v) is 12.7. The number of rotatable bonds is 2. The SMILES string of the molecule is Cc1c(N)cccc1-c1nnnn1C1C(C)(C)C1(C)C. The average Bonchev–Trinajstić information content (AvgIpc) is 2.70. The molecule has 1 fully saturated rings. The minimum atomic E-state index is 0.186. The number of aromatic nitrogens is 4. The standard InChI is InChI=1S/C15H21N5/c1-9-10(7-6-8-11(9)16)12-17-18-19-20(12)13-14(2,3)15(13,4)5/h6-8,13H,16H2,1-5H3. The fraction of sp³-hybridized carbons (Fsp3) is 0.533. The van der Waals surface area contributed by atoms with Crippen molar-refractivity contribution in [1.82, 2.24) is 20.2 Å². The zero-order chi connectivity index (χ0) is 14.7. The summed E-state index contributed by atoms with van der Waals surface area (Å²) in [5.41, 5.74) is 9.17. The van der Waals surface area contributed by atoms with E-state index in [-0.39, 0.29) is 10.8 Å². The summed E-state index contributed by atoms with van der Waals surface area (Å²) in [5, 5.41) is 12.3. The molecule has 0 saturated heterocycles. The molecule has 0 unspecified atom stereocenters. The summed E-state index contributed by atoms with van der Waals surface area (Å²) in [6.07, 6.45) is 0. The van der Waals surface area contributed by atoms with Gasteiger partial charge in [0.2, 0.25) is 0 Å². The van der Waals surface area contributed by atoms with Crippen molar-refractivity contribution >= 4 is 5.69 Å². The quantitative estimate of drug-likeness (QED) is 0.853. The molecule has 5 nitrogen and oxygen atoms in total. The van der Waals surface area contributed by atoms with Gasteiger partial charge in [-0.25, -0.2) is 4.68 Å². The summed E-state index contributed by atoms with van der Waals surface area (Å²) < 4.78 is 1.96. The first-order valence-electron chi connectivity index (χ1n) is 6.92. The van der Waals surface area contributed by atoms with Gasteiger partial charge in [0.15, 0.2) is 5.82 Å². The number of hydrogen-bond acceptors (Lipinski definition) is 4. The summed E-state index contributed by atoms with van der Waals surface area (Å²) in [6, 6.07) is 6.18. The van der Waals surface area contributed by atoms with Crippen LogP contribution in [-0.2, 0) is 0 Å². The van der Waals surface area contributed by atoms with E-state index in [1.54, 1.807) is 0 Å². The Morgan fingerprint density at radius 3 is 2.40 bits per heavy atom. The lowest BCUT2D eigenvalue weighted by Gasteiger charge is -2.10. The molecule has 0 bridgehead atoms. The second-order valence-electron chi connectivity index (χ2n) is 6.81. The fourth-order valence-electron chi connectivity index (χ4n) is 3.21. The van der Waals surface area contributed by atoms with Crippen molar-refractivity contribution < 1.29 is 0 Å². The van der Waals surface area contributed by atoms with E-state index in [1.807, 2.05) is 29.8 Å². The zero-order valence-electron chi connectivity index (χ0n) is 12.7. The van der Waals surface area contributed by atoms with Crippen LogP contribution in [0.1, 0.15) is 39.3 Å². The van der Waals surface area contributed by atoms with E-state index in [2.05, 4.69) is 43.2 Å². The highest BCUT2D eigenvalue weighted by molar-refractivity contribution is 5.67. The second kappa shape index (κ2) is 3.81. The Kier molecular flexibility index (Phi) is 2.49. The molecule has 0 atom stereocenters. The van der Waals surface area contributed by atoms with Gasteiger partial charge in [-0.15, -0.1) is 5.10 Å². The minimum Gasteiger partial charge on any atom is -0.398 e. The Labute approximate surface area is 119 Å². The van der Waals surface area contributed by atoms with Crippen LogP contribution >= 0.6 is 0 Å². The summed E-state index contributed by atoms with van der Waals surface area (Å²) in [4.78, 5) is 0. The lowest BCUT2D eigenvalue weighted by atomic mass is 10.0. The Balaban J connectivity index is 2.11. The fourth-order valence-corrected chi connectivity index (χ4v) is 3.21. The smallest absolute Gasteiger partial charge is 0.182 e. The van der Waals surface area contributed by atoms with Gasteiger partial charge >= 0.3 is 0 Å². The Morgan fingerprint density at radius 1 is 1.15 bits per heavy atom. The van der Waals surface area contributed by atoms with Crippen molar-refractivity contribution in [2.75, 3.05) is 5.73 Å². The first-order valence-corrected chi connectivity index (χ1v) is 6.92. The molecule has 0 amide bonds. The molecule has 0 radical (unpaired) electrons. The van der Waals surface area contributed by atoms with E-state index in [9.17, 15) is 0 Å². The highest BCUT2D eigenvalue weighted by atomic mass is 15.6.